The summed E-state index contributed by atoms with van der Waals surface area (Å²) in [6.45, 7) is 0. The highest BCUT2D eigenvalue weighted by atomic mass is 19.4. The quantitative estimate of drug-likeness (QED) is 0.421. The van der Waals surface area contributed by atoms with Crippen LogP contribution in [0.1, 0.15) is 5.56 Å². The summed E-state index contributed by atoms with van der Waals surface area (Å²) in [5.74, 6) is -1.78. The zero-order valence-electron chi connectivity index (χ0n) is 14.4. The molecule has 0 aliphatic heterocycles. The van der Waals surface area contributed by atoms with Crippen molar-refractivity contribution in [2.24, 2.45) is 0 Å². The third kappa shape index (κ3) is 3.96. The van der Waals surface area contributed by atoms with Crippen molar-refractivity contribution in [3.8, 4) is 11.6 Å². The number of alkyl halides is 3. The number of nitrogens with one attached hydrogen (secondary N) is 2. The van der Waals surface area contributed by atoms with E-state index in [0.717, 1.165) is 18.2 Å². The Bertz CT molecular complexity index is 1170. The van der Waals surface area contributed by atoms with Gasteiger partial charge in [0.15, 0.2) is 5.82 Å². The van der Waals surface area contributed by atoms with E-state index < -0.39 is 29.3 Å². The van der Waals surface area contributed by atoms with Gasteiger partial charge in [-0.25, -0.2) is 18.7 Å². The number of H-pyrrole nitrogens is 1. The number of pyridine rings is 1. The van der Waals surface area contributed by atoms with Gasteiger partial charge in [-0.05, 0) is 36.4 Å². The number of ether oxygens (including phenoxy) is 1. The average Bonchev–Trinajstić information content (AvgIpc) is 3.05. The molecule has 0 bridgehead atoms. The van der Waals surface area contributed by atoms with Gasteiger partial charge in [-0.15, -0.1) is 0 Å². The standard InChI is InChI=1S/C19H11F5N4O/c20-10-8-14(21)16-15(9-10)27-18(28-16)26-11-3-5-12(6-4-11)29-17-13(19(22,23)24)2-1-7-25-17/h1-9H,(H2,26,27,28). The van der Waals surface area contributed by atoms with Crippen molar-refractivity contribution in [3.63, 3.8) is 0 Å². The summed E-state index contributed by atoms with van der Waals surface area (Å²) < 4.78 is 71.3. The van der Waals surface area contributed by atoms with Crippen LogP contribution in [0, 0.1) is 11.6 Å². The van der Waals surface area contributed by atoms with Crippen LogP contribution < -0.4 is 10.1 Å². The Kier molecular flexibility index (Phi) is 4.53. The summed E-state index contributed by atoms with van der Waals surface area (Å²) >= 11 is 0. The first-order chi connectivity index (χ1) is 13.8. The van der Waals surface area contributed by atoms with Crippen molar-refractivity contribution in [2.45, 2.75) is 6.18 Å². The second-order valence-electron chi connectivity index (χ2n) is 5.97. The van der Waals surface area contributed by atoms with Crippen molar-refractivity contribution in [3.05, 3.63) is 71.9 Å². The van der Waals surface area contributed by atoms with Gasteiger partial charge in [-0.3, -0.25) is 0 Å². The van der Waals surface area contributed by atoms with Gasteiger partial charge in [0.2, 0.25) is 11.8 Å². The summed E-state index contributed by atoms with van der Waals surface area (Å²) in [5, 5.41) is 2.86. The van der Waals surface area contributed by atoms with Crippen LogP contribution in [0.25, 0.3) is 11.0 Å². The molecule has 0 saturated heterocycles. The molecule has 0 aliphatic rings. The minimum atomic E-state index is -4.60. The van der Waals surface area contributed by atoms with Gasteiger partial charge in [-0.1, -0.05) is 0 Å². The summed E-state index contributed by atoms with van der Waals surface area (Å²) in [6, 6.07) is 9.78. The molecular weight excluding hydrogens is 395 g/mol. The van der Waals surface area contributed by atoms with Crippen molar-refractivity contribution >= 4 is 22.7 Å². The SMILES string of the molecule is Fc1cc(F)c2[nH]c(Nc3ccc(Oc4ncccc4C(F)(F)F)cc3)nc2c1. The molecule has 4 rings (SSSR count). The molecule has 0 aliphatic carbocycles. The lowest BCUT2D eigenvalue weighted by molar-refractivity contribution is -0.138. The normalized spacial score (nSPS) is 11.6. The Balaban J connectivity index is 1.53. The largest absolute Gasteiger partial charge is 0.438 e. The Morgan fingerprint density at radius 3 is 2.48 bits per heavy atom. The van der Waals surface area contributed by atoms with E-state index in [4.69, 9.17) is 4.74 Å². The molecule has 148 valence electrons. The van der Waals surface area contributed by atoms with E-state index >= 15 is 0 Å². The maximum atomic E-state index is 13.7. The molecule has 0 saturated carbocycles. The van der Waals surface area contributed by atoms with Gasteiger partial charge in [0.05, 0.1) is 5.52 Å². The maximum absolute atomic E-state index is 13.7. The van der Waals surface area contributed by atoms with Crippen molar-refractivity contribution in [2.75, 3.05) is 5.32 Å². The van der Waals surface area contributed by atoms with Gasteiger partial charge in [0.25, 0.3) is 0 Å². The molecule has 0 unspecified atom stereocenters. The molecule has 0 amide bonds. The van der Waals surface area contributed by atoms with E-state index in [1.54, 1.807) is 0 Å². The molecule has 29 heavy (non-hydrogen) atoms. The van der Waals surface area contributed by atoms with E-state index in [0.29, 0.717) is 5.69 Å². The fourth-order valence-electron chi connectivity index (χ4n) is 2.64. The predicted molar refractivity (Wildman–Crippen MR) is 95.0 cm³/mol. The van der Waals surface area contributed by atoms with Crippen LogP contribution in [0.15, 0.2) is 54.7 Å². The fourth-order valence-corrected chi connectivity index (χ4v) is 2.64. The number of nitrogens with zero attached hydrogens (tertiary/aromatic N) is 2. The minimum absolute atomic E-state index is 0.0451. The van der Waals surface area contributed by atoms with E-state index in [1.165, 1.54) is 36.5 Å². The molecule has 4 aromatic rings. The number of benzene rings is 2. The molecular formula is C19H11F5N4O. The fraction of sp³-hybridized carbons (Fsp3) is 0.0526. The number of imidazole rings is 1. The van der Waals surface area contributed by atoms with Crippen LogP contribution in [-0.4, -0.2) is 15.0 Å². The molecule has 5 nitrogen and oxygen atoms in total. The van der Waals surface area contributed by atoms with Gasteiger partial charge in [-0.2, -0.15) is 13.2 Å². The number of rotatable bonds is 4. The third-order valence-electron chi connectivity index (χ3n) is 3.92. The number of hydrogen-bond acceptors (Lipinski definition) is 4. The van der Waals surface area contributed by atoms with E-state index in [-0.39, 0.29) is 22.7 Å². The monoisotopic (exact) mass is 406 g/mol. The Hall–Kier alpha value is -3.69. The summed E-state index contributed by atoms with van der Waals surface area (Å²) in [7, 11) is 0. The zero-order chi connectivity index (χ0) is 20.6. The maximum Gasteiger partial charge on any atom is 0.421 e. The molecule has 2 N–H and O–H groups in total. The van der Waals surface area contributed by atoms with Crippen molar-refractivity contribution in [1.29, 1.82) is 0 Å². The van der Waals surface area contributed by atoms with Gasteiger partial charge >= 0.3 is 6.18 Å². The van der Waals surface area contributed by atoms with Crippen LogP contribution >= 0.6 is 0 Å². The molecule has 0 radical (unpaired) electrons. The van der Waals surface area contributed by atoms with E-state index in [1.807, 2.05) is 0 Å². The second-order valence-corrected chi connectivity index (χ2v) is 5.97. The number of aromatic nitrogens is 3. The van der Waals surface area contributed by atoms with Gasteiger partial charge in [0, 0.05) is 24.0 Å². The molecule has 2 aromatic heterocycles. The van der Waals surface area contributed by atoms with Crippen molar-refractivity contribution in [1.82, 2.24) is 15.0 Å². The topological polar surface area (TPSA) is 62.8 Å². The Morgan fingerprint density at radius 1 is 1.00 bits per heavy atom. The number of fused-ring (bicyclic) bond motifs is 1. The number of halogens is 5. The van der Waals surface area contributed by atoms with Crippen molar-refractivity contribution < 1.29 is 26.7 Å². The number of anilines is 2. The number of hydrogen-bond donors (Lipinski definition) is 2. The van der Waals surface area contributed by atoms with Crippen LogP contribution in [0.2, 0.25) is 0 Å². The summed E-state index contributed by atoms with van der Waals surface area (Å²) in [6.07, 6.45) is -3.40. The van der Waals surface area contributed by atoms with Crippen LogP contribution in [0.5, 0.6) is 11.6 Å². The smallest absolute Gasteiger partial charge is 0.421 e. The number of aromatic amines is 1. The molecule has 0 spiro atoms. The average molecular weight is 406 g/mol. The first kappa shape index (κ1) is 18.7. The summed E-state index contributed by atoms with van der Waals surface area (Å²) in [5.41, 5.74) is -0.337. The lowest BCUT2D eigenvalue weighted by atomic mass is 10.2. The highest BCUT2D eigenvalue weighted by Crippen LogP contribution is 2.36. The highest BCUT2D eigenvalue weighted by Gasteiger charge is 2.35. The highest BCUT2D eigenvalue weighted by molar-refractivity contribution is 5.79. The lowest BCUT2D eigenvalue weighted by Crippen LogP contribution is -2.08. The predicted octanol–water partition coefficient (Wildman–Crippen LogP) is 5.79. The van der Waals surface area contributed by atoms with E-state index in [2.05, 4.69) is 20.3 Å². The summed E-state index contributed by atoms with van der Waals surface area (Å²) in [4.78, 5) is 10.4. The van der Waals surface area contributed by atoms with Crippen LogP contribution in [0.4, 0.5) is 33.6 Å². The van der Waals surface area contributed by atoms with Gasteiger partial charge in [0.1, 0.15) is 22.6 Å². The van der Waals surface area contributed by atoms with Gasteiger partial charge < -0.3 is 15.0 Å². The first-order valence-electron chi connectivity index (χ1n) is 8.21. The van der Waals surface area contributed by atoms with Crippen LogP contribution in [-0.2, 0) is 6.18 Å². The molecule has 0 fully saturated rings. The second kappa shape index (κ2) is 7.04. The zero-order valence-corrected chi connectivity index (χ0v) is 14.4. The van der Waals surface area contributed by atoms with E-state index in [9.17, 15) is 22.0 Å². The molecule has 10 heteroatoms. The van der Waals surface area contributed by atoms with Crippen LogP contribution in [0.3, 0.4) is 0 Å². The molecule has 0 atom stereocenters. The Morgan fingerprint density at radius 2 is 1.76 bits per heavy atom. The molecule has 2 aromatic carbocycles. The Labute approximate surface area is 160 Å². The minimum Gasteiger partial charge on any atom is -0.438 e. The molecule has 2 heterocycles. The third-order valence-corrected chi connectivity index (χ3v) is 3.92. The first-order valence-corrected chi connectivity index (χ1v) is 8.21. The lowest BCUT2D eigenvalue weighted by Gasteiger charge is -2.12.